The molecule has 1 unspecified atom stereocenters. The molecule has 1 aromatic rings. The summed E-state index contributed by atoms with van der Waals surface area (Å²) in [5, 5.41) is 3.90. The van der Waals surface area contributed by atoms with Crippen LogP contribution in [0.3, 0.4) is 0 Å². The minimum absolute atomic E-state index is 0.348. The molecule has 0 aliphatic carbocycles. The first-order valence-electron chi connectivity index (χ1n) is 6.79. The van der Waals surface area contributed by atoms with Crippen molar-refractivity contribution < 1.29 is 4.79 Å². The maximum atomic E-state index is 11.6. The molecule has 1 amide bonds. The smallest absolute Gasteiger partial charge is 0.238 e. The number of hydrogen-bond acceptors (Lipinski definition) is 5. The van der Waals surface area contributed by atoms with Crippen LogP contribution >= 0.6 is 11.8 Å². The van der Waals surface area contributed by atoms with Crippen LogP contribution in [0.5, 0.6) is 0 Å². The zero-order valence-electron chi connectivity index (χ0n) is 12.9. The Hall–Kier alpha value is -1.14. The highest BCUT2D eigenvalue weighted by Gasteiger charge is 2.30. The van der Waals surface area contributed by atoms with E-state index in [0.29, 0.717) is 10.9 Å². The van der Waals surface area contributed by atoms with Crippen molar-refractivity contribution in [2.75, 3.05) is 12.3 Å². The van der Waals surface area contributed by atoms with Crippen molar-refractivity contribution in [1.82, 2.24) is 15.3 Å². The van der Waals surface area contributed by atoms with Crippen LogP contribution in [0.25, 0.3) is 0 Å². The van der Waals surface area contributed by atoms with Crippen molar-refractivity contribution in [2.24, 2.45) is 5.73 Å². The summed E-state index contributed by atoms with van der Waals surface area (Å²) in [6.07, 6.45) is 0.951. The summed E-state index contributed by atoms with van der Waals surface area (Å²) in [7, 11) is 0. The molecule has 0 spiro atoms. The van der Waals surface area contributed by atoms with Crippen molar-refractivity contribution in [3.05, 3.63) is 17.0 Å². The van der Waals surface area contributed by atoms with Crippen molar-refractivity contribution in [3.63, 3.8) is 0 Å². The highest BCUT2D eigenvalue weighted by atomic mass is 32.2. The molecule has 6 heteroatoms. The summed E-state index contributed by atoms with van der Waals surface area (Å²) in [5.74, 6) is 0.170. The van der Waals surface area contributed by atoms with Crippen molar-refractivity contribution in [1.29, 1.82) is 0 Å². The van der Waals surface area contributed by atoms with Crippen LogP contribution < -0.4 is 11.1 Å². The number of hydrogen-bond donors (Lipinski definition) is 2. The second-order valence-corrected chi connectivity index (χ2v) is 6.16. The quantitative estimate of drug-likeness (QED) is 0.591. The van der Waals surface area contributed by atoms with Crippen LogP contribution in [-0.4, -0.2) is 33.7 Å². The van der Waals surface area contributed by atoms with Crippen LogP contribution in [0, 0.1) is 20.8 Å². The number of nitrogens with two attached hydrogens (primary N) is 1. The Morgan fingerprint density at radius 3 is 2.30 bits per heavy atom. The number of aryl methyl sites for hydroxylation is 2. The van der Waals surface area contributed by atoms with Gasteiger partial charge < -0.3 is 11.1 Å². The molecule has 1 atom stereocenters. The third-order valence-corrected chi connectivity index (χ3v) is 4.57. The van der Waals surface area contributed by atoms with E-state index >= 15 is 0 Å². The summed E-state index contributed by atoms with van der Waals surface area (Å²) in [6, 6.07) is 0. The van der Waals surface area contributed by atoms with Gasteiger partial charge in [0.1, 0.15) is 5.54 Å². The van der Waals surface area contributed by atoms with Crippen LogP contribution in [0.2, 0.25) is 0 Å². The molecule has 0 aliphatic heterocycles. The van der Waals surface area contributed by atoms with Crippen LogP contribution in [0.1, 0.15) is 37.2 Å². The first-order chi connectivity index (χ1) is 9.30. The lowest BCUT2D eigenvalue weighted by molar-refractivity contribution is -0.122. The second-order valence-electron chi connectivity index (χ2n) is 5.21. The van der Waals surface area contributed by atoms with E-state index in [9.17, 15) is 4.79 Å². The fourth-order valence-corrected chi connectivity index (χ4v) is 2.69. The van der Waals surface area contributed by atoms with E-state index in [1.165, 1.54) is 11.8 Å². The maximum Gasteiger partial charge on any atom is 0.238 e. The predicted octanol–water partition coefficient (Wildman–Crippen LogP) is 1.74. The Labute approximate surface area is 125 Å². The Kier molecular flexibility index (Phi) is 5.95. The number of carbonyl (C=O) groups excluding carboxylic acids is 1. The topological polar surface area (TPSA) is 80.9 Å². The Bertz CT molecular complexity index is 469. The zero-order chi connectivity index (χ0) is 15.3. The molecular formula is C14H24N4OS. The average Bonchev–Trinajstić information content (AvgIpc) is 2.39. The summed E-state index contributed by atoms with van der Waals surface area (Å²) in [6.45, 7) is 10.6. The number of primary amides is 1. The molecule has 3 N–H and O–H groups in total. The fourth-order valence-electron chi connectivity index (χ4n) is 1.63. The highest BCUT2D eigenvalue weighted by molar-refractivity contribution is 7.99. The minimum atomic E-state index is -0.739. The summed E-state index contributed by atoms with van der Waals surface area (Å²) in [5.41, 5.74) is 7.82. The fraction of sp³-hybridized carbons (Fsp3) is 0.643. The van der Waals surface area contributed by atoms with Crippen LogP contribution in [0.4, 0.5) is 0 Å². The van der Waals surface area contributed by atoms with E-state index in [0.717, 1.165) is 29.9 Å². The molecule has 5 nitrogen and oxygen atoms in total. The number of nitrogens with one attached hydrogen (secondary N) is 1. The Morgan fingerprint density at radius 2 is 1.85 bits per heavy atom. The molecule has 0 saturated heterocycles. The zero-order valence-corrected chi connectivity index (χ0v) is 13.7. The lowest BCUT2D eigenvalue weighted by atomic mass is 10.1. The SMILES string of the molecule is CCCNC(C)(CSc1nc(C)c(C)c(C)n1)C(N)=O. The van der Waals surface area contributed by atoms with E-state index in [-0.39, 0.29) is 5.91 Å². The summed E-state index contributed by atoms with van der Waals surface area (Å²) in [4.78, 5) is 20.5. The Balaban J connectivity index is 2.80. The molecular weight excluding hydrogens is 272 g/mol. The van der Waals surface area contributed by atoms with Gasteiger partial charge in [0.25, 0.3) is 0 Å². The van der Waals surface area contributed by atoms with Crippen LogP contribution in [0.15, 0.2) is 5.16 Å². The van der Waals surface area contributed by atoms with E-state index in [1.807, 2.05) is 27.7 Å². The van der Waals surface area contributed by atoms with E-state index in [2.05, 4.69) is 22.2 Å². The van der Waals surface area contributed by atoms with Gasteiger partial charge in [-0.05, 0) is 46.2 Å². The molecule has 1 rings (SSSR count). The third kappa shape index (κ3) is 4.18. The third-order valence-electron chi connectivity index (χ3n) is 3.41. The van der Waals surface area contributed by atoms with Gasteiger partial charge in [-0.2, -0.15) is 0 Å². The van der Waals surface area contributed by atoms with Gasteiger partial charge in [-0.1, -0.05) is 18.7 Å². The van der Waals surface area contributed by atoms with E-state index in [4.69, 9.17) is 5.73 Å². The van der Waals surface area contributed by atoms with E-state index in [1.54, 1.807) is 0 Å². The number of rotatable bonds is 7. The van der Waals surface area contributed by atoms with Crippen molar-refractivity contribution in [2.45, 2.75) is 51.7 Å². The number of amides is 1. The molecule has 0 saturated carbocycles. The summed E-state index contributed by atoms with van der Waals surface area (Å²) < 4.78 is 0. The van der Waals surface area contributed by atoms with Gasteiger partial charge in [-0.3, -0.25) is 4.79 Å². The van der Waals surface area contributed by atoms with Crippen molar-refractivity contribution >= 4 is 17.7 Å². The van der Waals surface area contributed by atoms with Gasteiger partial charge in [0, 0.05) is 17.1 Å². The maximum absolute atomic E-state index is 11.6. The van der Waals surface area contributed by atoms with Gasteiger partial charge in [0.15, 0.2) is 5.16 Å². The summed E-state index contributed by atoms with van der Waals surface area (Å²) >= 11 is 1.46. The molecule has 0 bridgehead atoms. The van der Waals surface area contributed by atoms with Gasteiger partial charge >= 0.3 is 0 Å². The molecule has 0 radical (unpaired) electrons. The van der Waals surface area contributed by atoms with Gasteiger partial charge in [0.2, 0.25) is 5.91 Å². The lowest BCUT2D eigenvalue weighted by Crippen LogP contribution is -2.55. The molecule has 1 heterocycles. The molecule has 0 aliphatic rings. The number of thioether (sulfide) groups is 1. The number of nitrogens with zero attached hydrogens (tertiary/aromatic N) is 2. The lowest BCUT2D eigenvalue weighted by Gasteiger charge is -2.26. The molecule has 0 aromatic carbocycles. The molecule has 1 aromatic heterocycles. The van der Waals surface area contributed by atoms with E-state index < -0.39 is 5.54 Å². The van der Waals surface area contributed by atoms with Crippen molar-refractivity contribution in [3.8, 4) is 0 Å². The number of carbonyl (C=O) groups is 1. The molecule has 20 heavy (non-hydrogen) atoms. The molecule has 112 valence electrons. The minimum Gasteiger partial charge on any atom is -0.368 e. The second kappa shape index (κ2) is 7.04. The monoisotopic (exact) mass is 296 g/mol. The molecule has 0 fully saturated rings. The highest BCUT2D eigenvalue weighted by Crippen LogP contribution is 2.21. The van der Waals surface area contributed by atoms with Gasteiger partial charge in [0.05, 0.1) is 0 Å². The average molecular weight is 296 g/mol. The standard InChI is InChI=1S/C14H24N4OS/c1-6-7-16-14(5,12(15)19)8-20-13-17-10(3)9(2)11(4)18-13/h16H,6-8H2,1-5H3,(H2,15,19). The first-order valence-corrected chi connectivity index (χ1v) is 7.78. The number of aromatic nitrogens is 2. The van der Waals surface area contributed by atoms with Gasteiger partial charge in [-0.15, -0.1) is 0 Å². The largest absolute Gasteiger partial charge is 0.368 e. The predicted molar refractivity (Wildman–Crippen MR) is 82.9 cm³/mol. The normalized spacial score (nSPS) is 14.1. The van der Waals surface area contributed by atoms with Gasteiger partial charge in [-0.25, -0.2) is 9.97 Å². The Morgan fingerprint density at radius 1 is 1.30 bits per heavy atom. The first kappa shape index (κ1) is 16.9. The van der Waals surface area contributed by atoms with Crippen LogP contribution in [-0.2, 0) is 4.79 Å².